The molecule has 36 heavy (non-hydrogen) atoms. The van der Waals surface area contributed by atoms with Gasteiger partial charge < -0.3 is 15.1 Å². The van der Waals surface area contributed by atoms with Gasteiger partial charge in [0, 0.05) is 23.8 Å². The van der Waals surface area contributed by atoms with Crippen molar-refractivity contribution in [2.75, 3.05) is 18.5 Å². The van der Waals surface area contributed by atoms with E-state index in [1.165, 1.54) is 5.56 Å². The molecule has 13 heteroatoms. The summed E-state index contributed by atoms with van der Waals surface area (Å²) in [6.07, 6.45) is -1.49. The second-order valence-electron chi connectivity index (χ2n) is 9.29. The molecule has 2 N–H and O–H groups in total. The number of fused-ring (bicyclic) bond motifs is 2. The number of halogens is 4. The summed E-state index contributed by atoms with van der Waals surface area (Å²) in [7, 11) is 0. The summed E-state index contributed by atoms with van der Waals surface area (Å²) in [5, 5.41) is 6.19. The van der Waals surface area contributed by atoms with Crippen LogP contribution in [0.4, 0.5) is 29.2 Å². The van der Waals surface area contributed by atoms with Crippen LogP contribution in [0.5, 0.6) is 0 Å². The van der Waals surface area contributed by atoms with Crippen LogP contribution in [0.3, 0.4) is 0 Å². The highest BCUT2D eigenvalue weighted by atomic mass is 19.4. The van der Waals surface area contributed by atoms with Gasteiger partial charge in [-0.1, -0.05) is 19.9 Å². The highest BCUT2D eigenvalue weighted by molar-refractivity contribution is 5.76. The minimum Gasteiger partial charge on any atom is -0.430 e. The molecule has 0 saturated carbocycles. The van der Waals surface area contributed by atoms with Gasteiger partial charge in [-0.15, -0.1) is 0 Å². The highest BCUT2D eigenvalue weighted by Gasteiger charge is 2.33. The average molecular weight is 505 g/mol. The first-order valence-corrected chi connectivity index (χ1v) is 11.2. The van der Waals surface area contributed by atoms with Crippen molar-refractivity contribution in [3.8, 4) is 6.01 Å². The number of alkyl halides is 4. The zero-order chi connectivity index (χ0) is 25.7. The molecular weight excluding hydrogens is 482 g/mol. The van der Waals surface area contributed by atoms with Gasteiger partial charge in [0.15, 0.2) is 5.65 Å². The van der Waals surface area contributed by atoms with E-state index in [0.29, 0.717) is 16.9 Å². The van der Waals surface area contributed by atoms with Crippen molar-refractivity contribution in [1.29, 1.82) is 0 Å². The molecule has 0 unspecified atom stereocenters. The van der Waals surface area contributed by atoms with E-state index < -0.39 is 30.4 Å². The lowest BCUT2D eigenvalue weighted by molar-refractivity contribution is -0.144. The van der Waals surface area contributed by atoms with E-state index in [9.17, 15) is 22.4 Å². The number of benzene rings is 1. The number of oxazole rings is 1. The van der Waals surface area contributed by atoms with Crippen LogP contribution >= 0.6 is 0 Å². The van der Waals surface area contributed by atoms with Crippen molar-refractivity contribution in [3.05, 3.63) is 57.8 Å². The standard InChI is InChI=1S/C23H23F4N7O2/c1-22(2,11-24)17-10-36-21(31-17)34-18-16(19(35)33(34)12-23(25,26)27)9-29-20(32-18)30-15-4-3-13-5-6-28-8-14(13)7-15/h3-4,7,9-10,28H,5-6,8,11-12H2,1-2H3,(H,29,30,32). The third kappa shape index (κ3) is 4.45. The van der Waals surface area contributed by atoms with Gasteiger partial charge in [-0.25, -0.2) is 9.67 Å². The van der Waals surface area contributed by atoms with Crippen LogP contribution in [-0.4, -0.2) is 43.7 Å². The first-order valence-electron chi connectivity index (χ1n) is 11.2. The van der Waals surface area contributed by atoms with Crippen molar-refractivity contribution >= 4 is 22.7 Å². The van der Waals surface area contributed by atoms with Crippen LogP contribution in [-0.2, 0) is 24.9 Å². The third-order valence-electron chi connectivity index (χ3n) is 6.05. The Kier molecular flexibility index (Phi) is 5.81. The Bertz CT molecular complexity index is 1490. The van der Waals surface area contributed by atoms with Gasteiger partial charge in [0.25, 0.3) is 5.56 Å². The summed E-state index contributed by atoms with van der Waals surface area (Å²) in [6, 6.07) is 5.45. The summed E-state index contributed by atoms with van der Waals surface area (Å²) >= 11 is 0. The van der Waals surface area contributed by atoms with Crippen LogP contribution in [0.1, 0.15) is 30.7 Å². The number of hydrogen-bond donors (Lipinski definition) is 2. The molecular formula is C23H23F4N7O2. The van der Waals surface area contributed by atoms with Crippen molar-refractivity contribution in [3.63, 3.8) is 0 Å². The number of rotatable bonds is 6. The fourth-order valence-corrected chi connectivity index (χ4v) is 4.02. The SMILES string of the molecule is CC(C)(CF)c1coc(-n2c3nc(Nc4ccc5c(c4)CNCC5)ncc3c(=O)n2CC(F)(F)F)n1. The van der Waals surface area contributed by atoms with E-state index in [-0.39, 0.29) is 28.7 Å². The van der Waals surface area contributed by atoms with Crippen LogP contribution in [0.25, 0.3) is 17.0 Å². The predicted molar refractivity (Wildman–Crippen MR) is 123 cm³/mol. The Morgan fingerprint density at radius 3 is 2.75 bits per heavy atom. The molecule has 0 atom stereocenters. The Labute approximate surface area is 202 Å². The van der Waals surface area contributed by atoms with Crippen molar-refractivity contribution in [1.82, 2.24) is 29.6 Å². The van der Waals surface area contributed by atoms with E-state index >= 15 is 0 Å². The van der Waals surface area contributed by atoms with Crippen molar-refractivity contribution < 1.29 is 22.0 Å². The van der Waals surface area contributed by atoms with Gasteiger partial charge in [0.1, 0.15) is 24.9 Å². The summed E-state index contributed by atoms with van der Waals surface area (Å²) in [5.74, 6) is 0.0694. The smallest absolute Gasteiger partial charge is 0.408 e. The quantitative estimate of drug-likeness (QED) is 0.385. The van der Waals surface area contributed by atoms with Crippen molar-refractivity contribution in [2.45, 2.75) is 44.9 Å². The summed E-state index contributed by atoms with van der Waals surface area (Å²) in [4.78, 5) is 25.5. The molecule has 1 aliphatic rings. The van der Waals surface area contributed by atoms with Crippen LogP contribution in [0, 0.1) is 0 Å². The van der Waals surface area contributed by atoms with Gasteiger partial charge in [0.2, 0.25) is 5.95 Å². The molecule has 0 amide bonds. The van der Waals surface area contributed by atoms with E-state index in [0.717, 1.165) is 35.7 Å². The van der Waals surface area contributed by atoms with Gasteiger partial charge in [-0.2, -0.15) is 27.8 Å². The number of hydrogen-bond acceptors (Lipinski definition) is 7. The van der Waals surface area contributed by atoms with E-state index in [1.54, 1.807) is 13.8 Å². The third-order valence-corrected chi connectivity index (χ3v) is 6.05. The molecule has 1 aliphatic heterocycles. The molecule has 4 aromatic rings. The maximum atomic E-state index is 13.5. The zero-order valence-corrected chi connectivity index (χ0v) is 19.5. The second-order valence-corrected chi connectivity index (χ2v) is 9.29. The van der Waals surface area contributed by atoms with Gasteiger partial charge >= 0.3 is 12.2 Å². The van der Waals surface area contributed by atoms with E-state index in [4.69, 9.17) is 4.42 Å². The fraction of sp³-hybridized carbons (Fsp3) is 0.391. The molecule has 0 aliphatic carbocycles. The lowest BCUT2D eigenvalue weighted by atomic mass is 9.92. The Morgan fingerprint density at radius 2 is 2.00 bits per heavy atom. The number of nitrogens with zero attached hydrogens (tertiary/aromatic N) is 5. The lowest BCUT2D eigenvalue weighted by Gasteiger charge is -2.18. The molecule has 190 valence electrons. The van der Waals surface area contributed by atoms with Crippen LogP contribution in [0.2, 0.25) is 0 Å². The monoisotopic (exact) mass is 505 g/mol. The fourth-order valence-electron chi connectivity index (χ4n) is 4.02. The van der Waals surface area contributed by atoms with Gasteiger partial charge in [0.05, 0.1) is 5.69 Å². The first kappa shape index (κ1) is 24.0. The average Bonchev–Trinajstić information content (AvgIpc) is 3.42. The molecule has 1 aromatic carbocycles. The second kappa shape index (κ2) is 8.73. The Balaban J connectivity index is 1.61. The lowest BCUT2D eigenvalue weighted by Crippen LogP contribution is -2.30. The molecule has 4 heterocycles. The summed E-state index contributed by atoms with van der Waals surface area (Å²) in [5.41, 5.74) is 1.08. The normalized spacial score (nSPS) is 14.3. The minimum absolute atomic E-state index is 0.0694. The topological polar surface area (TPSA) is 103 Å². The zero-order valence-electron chi connectivity index (χ0n) is 19.5. The van der Waals surface area contributed by atoms with Crippen LogP contribution < -0.4 is 16.2 Å². The molecule has 0 bridgehead atoms. The Hall–Kier alpha value is -3.74. The first-order chi connectivity index (χ1) is 17.1. The molecule has 0 saturated heterocycles. The number of nitrogens with one attached hydrogen (secondary N) is 2. The minimum atomic E-state index is -4.71. The highest BCUT2D eigenvalue weighted by Crippen LogP contribution is 2.27. The molecule has 3 aromatic heterocycles. The van der Waals surface area contributed by atoms with E-state index in [2.05, 4.69) is 25.6 Å². The number of anilines is 2. The molecule has 0 fully saturated rings. The maximum Gasteiger partial charge on any atom is 0.408 e. The number of aromatic nitrogens is 5. The van der Waals surface area contributed by atoms with Crippen molar-refractivity contribution in [2.24, 2.45) is 0 Å². The molecule has 5 rings (SSSR count). The molecule has 9 nitrogen and oxygen atoms in total. The predicted octanol–water partition coefficient (Wildman–Crippen LogP) is 3.77. The molecule has 0 spiro atoms. The maximum absolute atomic E-state index is 13.5. The van der Waals surface area contributed by atoms with Gasteiger partial charge in [-0.3, -0.25) is 9.18 Å². The molecule has 0 radical (unpaired) electrons. The van der Waals surface area contributed by atoms with Crippen LogP contribution in [0.15, 0.2) is 39.9 Å². The summed E-state index contributed by atoms with van der Waals surface area (Å²) < 4.78 is 60.3. The van der Waals surface area contributed by atoms with E-state index in [1.807, 2.05) is 18.2 Å². The Morgan fingerprint density at radius 1 is 1.19 bits per heavy atom. The largest absolute Gasteiger partial charge is 0.430 e. The van der Waals surface area contributed by atoms with Gasteiger partial charge in [-0.05, 0) is 36.2 Å². The summed E-state index contributed by atoms with van der Waals surface area (Å²) in [6.45, 7) is 2.39.